The summed E-state index contributed by atoms with van der Waals surface area (Å²) in [6, 6.07) is 0. The zero-order valence-corrected chi connectivity index (χ0v) is 9.13. The second kappa shape index (κ2) is 9.79. The van der Waals surface area contributed by atoms with Crippen molar-refractivity contribution in [1.29, 1.82) is 0 Å². The summed E-state index contributed by atoms with van der Waals surface area (Å²) in [6.07, 6.45) is 11.7. The van der Waals surface area contributed by atoms with Gasteiger partial charge in [-0.05, 0) is 32.1 Å². The van der Waals surface area contributed by atoms with Gasteiger partial charge in [0.25, 0.3) is 0 Å². The predicted octanol–water partition coefficient (Wildman–Crippen LogP) is 3.53. The number of hydrogen-bond donors (Lipinski definition) is 1. The first-order valence-corrected chi connectivity index (χ1v) is 5.57. The van der Waals surface area contributed by atoms with Crippen LogP contribution in [0.25, 0.3) is 0 Å². The van der Waals surface area contributed by atoms with Gasteiger partial charge >= 0.3 is 0 Å². The monoisotopic (exact) mass is 184 g/mol. The third-order valence-electron chi connectivity index (χ3n) is 2.55. The normalized spacial score (nSPS) is 13.8. The maximum Gasteiger partial charge on any atom is 0.0459 e. The standard InChI is InChI=1S/C12H24O/c1-3-5-6-7-8-9-10-12(4-2)11-13/h3,5,12-13H,4,6-11H2,1-2H3. The molecule has 0 amide bonds. The van der Waals surface area contributed by atoms with Crippen LogP contribution < -0.4 is 0 Å². The van der Waals surface area contributed by atoms with Gasteiger partial charge in [-0.25, -0.2) is 0 Å². The van der Waals surface area contributed by atoms with Crippen molar-refractivity contribution in [3.8, 4) is 0 Å². The Labute approximate surface area is 82.9 Å². The molecule has 78 valence electrons. The first-order chi connectivity index (χ1) is 6.35. The third kappa shape index (κ3) is 8.04. The molecule has 0 aromatic heterocycles. The molecule has 1 heteroatoms. The minimum atomic E-state index is 0.366. The molecule has 0 rings (SSSR count). The summed E-state index contributed by atoms with van der Waals surface area (Å²) in [5, 5.41) is 8.96. The summed E-state index contributed by atoms with van der Waals surface area (Å²) in [6.45, 7) is 4.59. The third-order valence-corrected chi connectivity index (χ3v) is 2.55. The van der Waals surface area contributed by atoms with Crippen LogP contribution in [0.15, 0.2) is 12.2 Å². The number of unbranched alkanes of at least 4 members (excludes halogenated alkanes) is 3. The van der Waals surface area contributed by atoms with Crippen molar-refractivity contribution in [1.82, 2.24) is 0 Å². The minimum Gasteiger partial charge on any atom is -0.396 e. The van der Waals surface area contributed by atoms with Crippen LogP contribution in [-0.4, -0.2) is 11.7 Å². The van der Waals surface area contributed by atoms with E-state index in [-0.39, 0.29) is 0 Å². The molecule has 0 aromatic rings. The van der Waals surface area contributed by atoms with Gasteiger partial charge in [0.2, 0.25) is 0 Å². The number of allylic oxidation sites excluding steroid dienone is 2. The van der Waals surface area contributed by atoms with Crippen LogP contribution in [0, 0.1) is 5.92 Å². The predicted molar refractivity (Wildman–Crippen MR) is 58.8 cm³/mol. The van der Waals surface area contributed by atoms with Crippen LogP contribution >= 0.6 is 0 Å². The van der Waals surface area contributed by atoms with Gasteiger partial charge in [0, 0.05) is 6.61 Å². The zero-order valence-electron chi connectivity index (χ0n) is 9.13. The smallest absolute Gasteiger partial charge is 0.0459 e. The van der Waals surface area contributed by atoms with E-state index in [4.69, 9.17) is 5.11 Å². The van der Waals surface area contributed by atoms with Crippen LogP contribution in [0.4, 0.5) is 0 Å². The van der Waals surface area contributed by atoms with Crippen LogP contribution in [0.1, 0.15) is 52.4 Å². The SMILES string of the molecule is CC=CCCCCCC(CC)CO. The lowest BCUT2D eigenvalue weighted by atomic mass is 9.99. The van der Waals surface area contributed by atoms with E-state index in [2.05, 4.69) is 26.0 Å². The average Bonchev–Trinajstić information content (AvgIpc) is 2.17. The molecule has 0 saturated heterocycles. The van der Waals surface area contributed by atoms with E-state index in [0.29, 0.717) is 12.5 Å². The maximum absolute atomic E-state index is 8.96. The van der Waals surface area contributed by atoms with Crippen molar-refractivity contribution in [2.75, 3.05) is 6.61 Å². The Morgan fingerprint density at radius 1 is 1.23 bits per heavy atom. The lowest BCUT2D eigenvalue weighted by molar-refractivity contribution is 0.212. The van der Waals surface area contributed by atoms with E-state index in [0.717, 1.165) is 6.42 Å². The molecule has 0 radical (unpaired) electrons. The van der Waals surface area contributed by atoms with Gasteiger partial charge in [-0.1, -0.05) is 38.3 Å². The van der Waals surface area contributed by atoms with E-state index < -0.39 is 0 Å². The van der Waals surface area contributed by atoms with Crippen LogP contribution in [0.5, 0.6) is 0 Å². The number of aliphatic hydroxyl groups excluding tert-OH is 1. The molecule has 0 aliphatic carbocycles. The molecule has 0 spiro atoms. The van der Waals surface area contributed by atoms with Gasteiger partial charge < -0.3 is 5.11 Å². The molecule has 0 heterocycles. The Bertz CT molecular complexity index is 114. The highest BCUT2D eigenvalue weighted by Crippen LogP contribution is 2.13. The molecular formula is C12H24O. The van der Waals surface area contributed by atoms with E-state index in [1.165, 1.54) is 32.1 Å². The maximum atomic E-state index is 8.96. The van der Waals surface area contributed by atoms with Crippen molar-refractivity contribution in [2.24, 2.45) is 5.92 Å². The van der Waals surface area contributed by atoms with E-state index in [1.807, 2.05) is 0 Å². The van der Waals surface area contributed by atoms with Crippen molar-refractivity contribution in [3.63, 3.8) is 0 Å². The average molecular weight is 184 g/mol. The van der Waals surface area contributed by atoms with Gasteiger partial charge in [0.05, 0.1) is 0 Å². The molecule has 0 fully saturated rings. The van der Waals surface area contributed by atoms with Crippen LogP contribution in [-0.2, 0) is 0 Å². The fraction of sp³-hybridized carbons (Fsp3) is 0.833. The molecule has 0 aliphatic heterocycles. The van der Waals surface area contributed by atoms with Gasteiger partial charge in [-0.2, -0.15) is 0 Å². The van der Waals surface area contributed by atoms with Gasteiger partial charge in [0.15, 0.2) is 0 Å². The molecule has 0 bridgehead atoms. The molecule has 13 heavy (non-hydrogen) atoms. The Kier molecular flexibility index (Phi) is 9.56. The molecular weight excluding hydrogens is 160 g/mol. The molecule has 0 aromatic carbocycles. The first kappa shape index (κ1) is 12.7. The molecule has 1 unspecified atom stereocenters. The summed E-state index contributed by atoms with van der Waals surface area (Å²) in [7, 11) is 0. The summed E-state index contributed by atoms with van der Waals surface area (Å²) >= 11 is 0. The summed E-state index contributed by atoms with van der Waals surface area (Å²) in [4.78, 5) is 0. The fourth-order valence-electron chi connectivity index (χ4n) is 1.46. The Morgan fingerprint density at radius 3 is 2.54 bits per heavy atom. The highest BCUT2D eigenvalue weighted by molar-refractivity contribution is 4.76. The van der Waals surface area contributed by atoms with Gasteiger partial charge in [-0.3, -0.25) is 0 Å². The van der Waals surface area contributed by atoms with Gasteiger partial charge in [-0.15, -0.1) is 0 Å². The fourth-order valence-corrected chi connectivity index (χ4v) is 1.46. The number of rotatable bonds is 8. The summed E-state index contributed by atoms with van der Waals surface area (Å²) in [5.74, 6) is 0.543. The molecule has 1 nitrogen and oxygen atoms in total. The molecule has 0 saturated carbocycles. The molecule has 1 N–H and O–H groups in total. The van der Waals surface area contributed by atoms with E-state index in [9.17, 15) is 0 Å². The topological polar surface area (TPSA) is 20.2 Å². The zero-order chi connectivity index (χ0) is 9.94. The number of aliphatic hydroxyl groups is 1. The second-order valence-electron chi connectivity index (χ2n) is 3.66. The van der Waals surface area contributed by atoms with Crippen LogP contribution in [0.2, 0.25) is 0 Å². The van der Waals surface area contributed by atoms with Gasteiger partial charge in [0.1, 0.15) is 0 Å². The Balaban J connectivity index is 3.14. The molecule has 0 aliphatic rings. The van der Waals surface area contributed by atoms with Crippen LogP contribution in [0.3, 0.4) is 0 Å². The Hall–Kier alpha value is -0.300. The highest BCUT2D eigenvalue weighted by Gasteiger charge is 2.02. The van der Waals surface area contributed by atoms with Crippen molar-refractivity contribution in [3.05, 3.63) is 12.2 Å². The lowest BCUT2D eigenvalue weighted by Crippen LogP contribution is -2.03. The van der Waals surface area contributed by atoms with Crippen molar-refractivity contribution < 1.29 is 5.11 Å². The second-order valence-corrected chi connectivity index (χ2v) is 3.66. The summed E-state index contributed by atoms with van der Waals surface area (Å²) < 4.78 is 0. The number of hydrogen-bond acceptors (Lipinski definition) is 1. The highest BCUT2D eigenvalue weighted by atomic mass is 16.3. The minimum absolute atomic E-state index is 0.366. The quantitative estimate of drug-likeness (QED) is 0.452. The van der Waals surface area contributed by atoms with E-state index in [1.54, 1.807) is 0 Å². The molecule has 1 atom stereocenters. The lowest BCUT2D eigenvalue weighted by Gasteiger charge is -2.09. The summed E-state index contributed by atoms with van der Waals surface area (Å²) in [5.41, 5.74) is 0. The van der Waals surface area contributed by atoms with E-state index >= 15 is 0 Å². The van der Waals surface area contributed by atoms with Crippen molar-refractivity contribution >= 4 is 0 Å². The Morgan fingerprint density at radius 2 is 2.00 bits per heavy atom. The largest absolute Gasteiger partial charge is 0.396 e. The van der Waals surface area contributed by atoms with Crippen molar-refractivity contribution in [2.45, 2.75) is 52.4 Å². The first-order valence-electron chi connectivity index (χ1n) is 5.57.